The fourth-order valence-corrected chi connectivity index (χ4v) is 2.05. The van der Waals surface area contributed by atoms with Crippen LogP contribution in [0.2, 0.25) is 5.02 Å². The van der Waals surface area contributed by atoms with Gasteiger partial charge in [0.05, 0.1) is 12.1 Å². The summed E-state index contributed by atoms with van der Waals surface area (Å²) in [7, 11) is 1.62. The van der Waals surface area contributed by atoms with Gasteiger partial charge in [0.25, 0.3) is 0 Å². The van der Waals surface area contributed by atoms with Crippen LogP contribution >= 0.6 is 11.6 Å². The number of ether oxygens (including phenoxy) is 1. The number of hydrogen-bond acceptors (Lipinski definition) is 3. The monoisotopic (exact) mass is 276 g/mol. The third kappa shape index (κ3) is 3.46. The second-order valence-corrected chi connectivity index (χ2v) is 4.62. The lowest BCUT2D eigenvalue weighted by Crippen LogP contribution is -2.11. The molecule has 19 heavy (non-hydrogen) atoms. The molecule has 0 saturated heterocycles. The minimum Gasteiger partial charge on any atom is -0.495 e. The Labute approximate surface area is 118 Å². The Bertz CT molecular complexity index is 558. The molecule has 0 aliphatic heterocycles. The third-order valence-corrected chi connectivity index (χ3v) is 3.17. The Hall–Kier alpha value is -1.58. The second kappa shape index (κ2) is 6.55. The number of aromatic nitrogens is 1. The van der Waals surface area contributed by atoms with Gasteiger partial charge in [-0.1, -0.05) is 24.6 Å². The highest BCUT2D eigenvalue weighted by molar-refractivity contribution is 6.32. The Morgan fingerprint density at radius 1 is 1.21 bits per heavy atom. The van der Waals surface area contributed by atoms with Crippen molar-refractivity contribution in [3.05, 3.63) is 47.2 Å². The fraction of sp³-hybridized carbons (Fsp3) is 0.267. The van der Waals surface area contributed by atoms with Crippen LogP contribution in [0.25, 0.3) is 11.1 Å². The van der Waals surface area contributed by atoms with Gasteiger partial charge in [-0.15, -0.1) is 0 Å². The Morgan fingerprint density at radius 3 is 2.79 bits per heavy atom. The van der Waals surface area contributed by atoms with Gasteiger partial charge in [0.15, 0.2) is 0 Å². The fourth-order valence-electron chi connectivity index (χ4n) is 1.85. The lowest BCUT2D eigenvalue weighted by Gasteiger charge is -2.08. The van der Waals surface area contributed by atoms with Crippen LogP contribution in [-0.2, 0) is 6.54 Å². The molecular formula is C15H17ClN2O. The van der Waals surface area contributed by atoms with Gasteiger partial charge in [0.1, 0.15) is 5.75 Å². The molecule has 0 radical (unpaired) electrons. The van der Waals surface area contributed by atoms with Gasteiger partial charge < -0.3 is 10.1 Å². The van der Waals surface area contributed by atoms with E-state index in [2.05, 4.69) is 23.3 Å². The predicted octanol–water partition coefficient (Wildman–Crippen LogP) is 3.52. The predicted molar refractivity (Wildman–Crippen MR) is 78.6 cm³/mol. The molecule has 1 aromatic heterocycles. The largest absolute Gasteiger partial charge is 0.495 e. The molecule has 0 aliphatic carbocycles. The first-order valence-electron chi connectivity index (χ1n) is 6.23. The second-order valence-electron chi connectivity index (χ2n) is 4.21. The normalized spacial score (nSPS) is 10.5. The topological polar surface area (TPSA) is 34.2 Å². The Morgan fingerprint density at radius 2 is 2.05 bits per heavy atom. The molecule has 0 aliphatic rings. The van der Waals surface area contributed by atoms with E-state index in [0.29, 0.717) is 10.8 Å². The van der Waals surface area contributed by atoms with Gasteiger partial charge in [-0.05, 0) is 35.9 Å². The highest BCUT2D eigenvalue weighted by Crippen LogP contribution is 2.30. The first-order valence-corrected chi connectivity index (χ1v) is 6.61. The summed E-state index contributed by atoms with van der Waals surface area (Å²) in [6, 6.07) is 7.86. The van der Waals surface area contributed by atoms with Crippen LogP contribution in [0.15, 0.2) is 36.7 Å². The van der Waals surface area contributed by atoms with E-state index in [-0.39, 0.29) is 0 Å². The quantitative estimate of drug-likeness (QED) is 0.907. The Kier molecular flexibility index (Phi) is 4.77. The smallest absolute Gasteiger partial charge is 0.138 e. The van der Waals surface area contributed by atoms with Crippen molar-refractivity contribution in [2.45, 2.75) is 13.5 Å². The SMILES string of the molecule is CCNCc1cncc(-c2ccc(Cl)c(OC)c2)c1. The zero-order chi connectivity index (χ0) is 13.7. The number of nitrogens with one attached hydrogen (secondary N) is 1. The molecule has 0 bridgehead atoms. The van der Waals surface area contributed by atoms with Crippen molar-refractivity contribution in [1.29, 1.82) is 0 Å². The van der Waals surface area contributed by atoms with Crippen LogP contribution in [0.1, 0.15) is 12.5 Å². The van der Waals surface area contributed by atoms with E-state index >= 15 is 0 Å². The van der Waals surface area contributed by atoms with E-state index < -0.39 is 0 Å². The average Bonchev–Trinajstić information content (AvgIpc) is 2.46. The van der Waals surface area contributed by atoms with E-state index in [4.69, 9.17) is 16.3 Å². The van der Waals surface area contributed by atoms with E-state index in [1.807, 2.05) is 30.6 Å². The molecule has 3 nitrogen and oxygen atoms in total. The number of hydrogen-bond donors (Lipinski definition) is 1. The summed E-state index contributed by atoms with van der Waals surface area (Å²) in [5.41, 5.74) is 3.27. The van der Waals surface area contributed by atoms with E-state index in [0.717, 1.165) is 29.8 Å². The lowest BCUT2D eigenvalue weighted by molar-refractivity contribution is 0.415. The van der Waals surface area contributed by atoms with Crippen molar-refractivity contribution >= 4 is 11.6 Å². The maximum absolute atomic E-state index is 6.03. The molecule has 0 fully saturated rings. The number of halogens is 1. The molecular weight excluding hydrogens is 260 g/mol. The summed E-state index contributed by atoms with van der Waals surface area (Å²) in [6.45, 7) is 3.85. The molecule has 2 aromatic rings. The number of rotatable bonds is 5. The zero-order valence-corrected chi connectivity index (χ0v) is 11.9. The minimum atomic E-state index is 0.614. The number of benzene rings is 1. The highest BCUT2D eigenvalue weighted by Gasteiger charge is 2.05. The number of methoxy groups -OCH3 is 1. The van der Waals surface area contributed by atoms with Crippen LogP contribution in [0, 0.1) is 0 Å². The van der Waals surface area contributed by atoms with Gasteiger partial charge >= 0.3 is 0 Å². The molecule has 2 rings (SSSR count). The van der Waals surface area contributed by atoms with Gasteiger partial charge in [-0.25, -0.2) is 0 Å². The zero-order valence-electron chi connectivity index (χ0n) is 11.1. The van der Waals surface area contributed by atoms with Gasteiger partial charge in [-0.2, -0.15) is 0 Å². The average molecular weight is 277 g/mol. The van der Waals surface area contributed by atoms with E-state index in [1.165, 1.54) is 0 Å². The van der Waals surface area contributed by atoms with Crippen molar-refractivity contribution in [2.75, 3.05) is 13.7 Å². The van der Waals surface area contributed by atoms with Gasteiger partial charge in [0, 0.05) is 24.5 Å². The van der Waals surface area contributed by atoms with E-state index in [1.54, 1.807) is 7.11 Å². The van der Waals surface area contributed by atoms with Crippen molar-refractivity contribution in [2.24, 2.45) is 0 Å². The summed E-state index contributed by atoms with van der Waals surface area (Å²) >= 11 is 6.03. The summed E-state index contributed by atoms with van der Waals surface area (Å²) < 4.78 is 5.24. The Balaban J connectivity index is 2.30. The molecule has 100 valence electrons. The molecule has 0 amide bonds. The summed E-state index contributed by atoms with van der Waals surface area (Å²) in [5, 5.41) is 3.90. The maximum atomic E-state index is 6.03. The molecule has 0 atom stereocenters. The van der Waals surface area contributed by atoms with Crippen molar-refractivity contribution in [1.82, 2.24) is 10.3 Å². The van der Waals surface area contributed by atoms with Crippen LogP contribution in [0.5, 0.6) is 5.75 Å². The lowest BCUT2D eigenvalue weighted by atomic mass is 10.1. The van der Waals surface area contributed by atoms with Gasteiger partial charge in [-0.3, -0.25) is 4.98 Å². The van der Waals surface area contributed by atoms with Crippen molar-refractivity contribution < 1.29 is 4.74 Å². The standard InChI is InChI=1S/C15H17ClN2O/c1-3-17-8-11-6-13(10-18-9-11)12-4-5-14(16)15(7-12)19-2/h4-7,9-10,17H,3,8H2,1-2H3. The maximum Gasteiger partial charge on any atom is 0.138 e. The first kappa shape index (κ1) is 13.8. The van der Waals surface area contributed by atoms with Crippen molar-refractivity contribution in [3.8, 4) is 16.9 Å². The van der Waals surface area contributed by atoms with E-state index in [9.17, 15) is 0 Å². The summed E-state index contributed by atoms with van der Waals surface area (Å²) in [6.07, 6.45) is 3.72. The number of nitrogens with zero attached hydrogens (tertiary/aromatic N) is 1. The molecule has 0 unspecified atom stereocenters. The van der Waals surface area contributed by atoms with Crippen molar-refractivity contribution in [3.63, 3.8) is 0 Å². The number of pyridine rings is 1. The molecule has 0 saturated carbocycles. The molecule has 1 aromatic carbocycles. The van der Waals surface area contributed by atoms with Gasteiger partial charge in [0.2, 0.25) is 0 Å². The molecule has 1 N–H and O–H groups in total. The third-order valence-electron chi connectivity index (χ3n) is 2.86. The van der Waals surface area contributed by atoms with Crippen LogP contribution < -0.4 is 10.1 Å². The molecule has 4 heteroatoms. The van der Waals surface area contributed by atoms with Crippen LogP contribution in [-0.4, -0.2) is 18.6 Å². The minimum absolute atomic E-state index is 0.614. The van der Waals surface area contributed by atoms with Crippen LogP contribution in [0.4, 0.5) is 0 Å². The first-order chi connectivity index (χ1) is 9.24. The van der Waals surface area contributed by atoms with Crippen LogP contribution in [0.3, 0.4) is 0 Å². The summed E-state index contributed by atoms with van der Waals surface area (Å²) in [4.78, 5) is 4.28. The molecule has 0 spiro atoms. The molecule has 1 heterocycles. The summed E-state index contributed by atoms with van der Waals surface area (Å²) in [5.74, 6) is 0.677. The highest BCUT2D eigenvalue weighted by atomic mass is 35.5.